The first-order chi connectivity index (χ1) is 12.6. The summed E-state index contributed by atoms with van der Waals surface area (Å²) in [5.74, 6) is 0.738. The number of aromatic nitrogens is 4. The average Bonchev–Trinajstić information content (AvgIpc) is 3.06. The van der Waals surface area contributed by atoms with Gasteiger partial charge < -0.3 is 10.2 Å². The van der Waals surface area contributed by atoms with Gasteiger partial charge in [0.05, 0.1) is 11.6 Å². The second-order valence-corrected chi connectivity index (χ2v) is 6.73. The molecule has 3 aromatic rings. The minimum Gasteiger partial charge on any atom is -0.356 e. The maximum absolute atomic E-state index is 12.3. The minimum atomic E-state index is -0.110. The molecular weight excluding hydrogens is 396 g/mol. The molecule has 3 rings (SSSR count). The first kappa shape index (κ1) is 18.3. The Morgan fingerprint density at radius 2 is 1.92 bits per heavy atom. The van der Waals surface area contributed by atoms with Gasteiger partial charge in [0.2, 0.25) is 5.91 Å². The van der Waals surface area contributed by atoms with Crippen molar-refractivity contribution in [2.75, 3.05) is 18.0 Å². The second-order valence-electron chi connectivity index (χ2n) is 5.81. The largest absolute Gasteiger partial charge is 0.356 e. The summed E-state index contributed by atoms with van der Waals surface area (Å²) in [5.41, 5.74) is 1.71. The molecule has 0 aliphatic heterocycles. The molecule has 8 heteroatoms. The molecule has 1 N–H and O–H groups in total. The van der Waals surface area contributed by atoms with Gasteiger partial charge in [0.1, 0.15) is 18.7 Å². The van der Waals surface area contributed by atoms with E-state index in [0.717, 1.165) is 34.3 Å². The number of rotatable bonds is 7. The zero-order valence-corrected chi connectivity index (χ0v) is 16.4. The Bertz CT molecular complexity index is 888. The van der Waals surface area contributed by atoms with Crippen molar-refractivity contribution in [1.29, 1.82) is 0 Å². The fourth-order valence-electron chi connectivity index (χ4n) is 2.77. The van der Waals surface area contributed by atoms with Crippen LogP contribution in [-0.4, -0.2) is 38.7 Å². The van der Waals surface area contributed by atoms with Gasteiger partial charge in [-0.1, -0.05) is 28.1 Å². The predicted octanol–water partition coefficient (Wildman–Crippen LogP) is 2.75. The van der Waals surface area contributed by atoms with Crippen LogP contribution in [0.5, 0.6) is 0 Å². The summed E-state index contributed by atoms with van der Waals surface area (Å²) < 4.78 is 2.63. The van der Waals surface area contributed by atoms with Crippen molar-refractivity contribution in [3.8, 4) is 0 Å². The van der Waals surface area contributed by atoms with Crippen LogP contribution in [0.3, 0.4) is 0 Å². The van der Waals surface area contributed by atoms with E-state index in [1.54, 1.807) is 10.9 Å². The first-order valence-corrected chi connectivity index (χ1v) is 9.34. The lowest BCUT2D eigenvalue weighted by molar-refractivity contribution is -0.121. The molecule has 0 saturated carbocycles. The fraction of sp³-hybridized carbons (Fsp3) is 0.333. The molecule has 7 nitrogen and oxygen atoms in total. The number of fused-ring (bicyclic) bond motifs is 1. The van der Waals surface area contributed by atoms with E-state index in [4.69, 9.17) is 0 Å². The van der Waals surface area contributed by atoms with Crippen molar-refractivity contribution in [2.24, 2.45) is 0 Å². The average molecular weight is 417 g/mol. The van der Waals surface area contributed by atoms with Crippen LogP contribution in [0.4, 0.5) is 5.82 Å². The van der Waals surface area contributed by atoms with E-state index < -0.39 is 0 Å². The number of carbonyl (C=O) groups is 1. The van der Waals surface area contributed by atoms with Gasteiger partial charge in [-0.3, -0.25) is 4.79 Å². The molecule has 2 heterocycles. The van der Waals surface area contributed by atoms with Crippen LogP contribution in [0.25, 0.3) is 11.0 Å². The van der Waals surface area contributed by atoms with Crippen molar-refractivity contribution in [3.05, 3.63) is 46.8 Å². The van der Waals surface area contributed by atoms with E-state index in [2.05, 4.69) is 55.1 Å². The molecule has 0 aliphatic rings. The number of nitrogens with one attached hydrogen (secondary N) is 1. The summed E-state index contributed by atoms with van der Waals surface area (Å²) in [5, 5.41) is 8.10. The Balaban J connectivity index is 1.71. The Labute approximate surface area is 160 Å². The van der Waals surface area contributed by atoms with Gasteiger partial charge in [-0.05, 0) is 31.5 Å². The highest BCUT2D eigenvalue weighted by Crippen LogP contribution is 2.22. The van der Waals surface area contributed by atoms with Crippen molar-refractivity contribution in [1.82, 2.24) is 25.1 Å². The zero-order valence-electron chi connectivity index (χ0n) is 14.8. The van der Waals surface area contributed by atoms with E-state index in [9.17, 15) is 4.79 Å². The topological polar surface area (TPSA) is 75.9 Å². The molecule has 1 amide bonds. The standard InChI is InChI=1S/C18H21BrN6O/c1-3-24(4-2)17-15-10-23-25(18(15)22-12-21-17)11-16(26)20-9-13-5-7-14(19)8-6-13/h5-8,10,12H,3-4,9,11H2,1-2H3,(H,20,26). The molecule has 0 bridgehead atoms. The highest BCUT2D eigenvalue weighted by molar-refractivity contribution is 9.10. The molecule has 136 valence electrons. The van der Waals surface area contributed by atoms with Crippen molar-refractivity contribution in [2.45, 2.75) is 26.9 Å². The van der Waals surface area contributed by atoms with E-state index >= 15 is 0 Å². The Morgan fingerprint density at radius 1 is 1.19 bits per heavy atom. The van der Waals surface area contributed by atoms with Crippen molar-refractivity contribution >= 4 is 38.7 Å². The molecule has 26 heavy (non-hydrogen) atoms. The second kappa shape index (κ2) is 8.27. The minimum absolute atomic E-state index is 0.110. The number of halogens is 1. The maximum atomic E-state index is 12.3. The van der Waals surface area contributed by atoms with Crippen LogP contribution >= 0.6 is 15.9 Å². The van der Waals surface area contributed by atoms with E-state index in [0.29, 0.717) is 12.2 Å². The molecule has 0 atom stereocenters. The molecule has 1 aromatic carbocycles. The number of nitrogens with zero attached hydrogens (tertiary/aromatic N) is 5. The van der Waals surface area contributed by atoms with E-state index in [1.165, 1.54) is 6.33 Å². The molecule has 0 spiro atoms. The maximum Gasteiger partial charge on any atom is 0.242 e. The quantitative estimate of drug-likeness (QED) is 0.640. The van der Waals surface area contributed by atoms with Crippen LogP contribution in [0.15, 0.2) is 41.3 Å². The highest BCUT2D eigenvalue weighted by Gasteiger charge is 2.15. The normalized spacial score (nSPS) is 10.9. The summed E-state index contributed by atoms with van der Waals surface area (Å²) in [6, 6.07) is 7.84. The smallest absolute Gasteiger partial charge is 0.242 e. The molecule has 0 fully saturated rings. The molecule has 2 aromatic heterocycles. The lowest BCUT2D eigenvalue weighted by Crippen LogP contribution is -2.27. The van der Waals surface area contributed by atoms with Crippen LogP contribution in [-0.2, 0) is 17.9 Å². The van der Waals surface area contributed by atoms with Gasteiger partial charge in [0.15, 0.2) is 5.65 Å². The molecular formula is C18H21BrN6O. The predicted molar refractivity (Wildman–Crippen MR) is 105 cm³/mol. The number of hydrogen-bond acceptors (Lipinski definition) is 5. The molecule has 0 saturated heterocycles. The van der Waals surface area contributed by atoms with Crippen molar-refractivity contribution in [3.63, 3.8) is 0 Å². The van der Waals surface area contributed by atoms with Crippen LogP contribution in [0.2, 0.25) is 0 Å². The van der Waals surface area contributed by atoms with E-state index in [-0.39, 0.29) is 12.5 Å². The van der Waals surface area contributed by atoms with Gasteiger partial charge >= 0.3 is 0 Å². The summed E-state index contributed by atoms with van der Waals surface area (Å²) in [6.07, 6.45) is 3.25. The first-order valence-electron chi connectivity index (χ1n) is 8.55. The van der Waals surface area contributed by atoms with Gasteiger partial charge in [-0.25, -0.2) is 14.6 Å². The summed E-state index contributed by atoms with van der Waals surface area (Å²) in [6.45, 7) is 6.46. The summed E-state index contributed by atoms with van der Waals surface area (Å²) in [7, 11) is 0. The third-order valence-electron chi connectivity index (χ3n) is 4.17. The zero-order chi connectivity index (χ0) is 18.5. The van der Waals surface area contributed by atoms with Gasteiger partial charge in [0.25, 0.3) is 0 Å². The Hall–Kier alpha value is -2.48. The fourth-order valence-corrected chi connectivity index (χ4v) is 3.03. The number of carbonyl (C=O) groups excluding carboxylic acids is 1. The highest BCUT2D eigenvalue weighted by atomic mass is 79.9. The molecule has 0 unspecified atom stereocenters. The lowest BCUT2D eigenvalue weighted by atomic mass is 10.2. The van der Waals surface area contributed by atoms with Gasteiger partial charge in [0, 0.05) is 24.1 Å². The number of amides is 1. The Kier molecular flexibility index (Phi) is 5.82. The molecule has 0 radical (unpaired) electrons. The molecule has 0 aliphatic carbocycles. The third-order valence-corrected chi connectivity index (χ3v) is 4.70. The van der Waals surface area contributed by atoms with Crippen LogP contribution in [0, 0.1) is 0 Å². The lowest BCUT2D eigenvalue weighted by Gasteiger charge is -2.19. The summed E-state index contributed by atoms with van der Waals surface area (Å²) >= 11 is 3.40. The van der Waals surface area contributed by atoms with Crippen molar-refractivity contribution < 1.29 is 4.79 Å². The number of anilines is 1. The monoisotopic (exact) mass is 416 g/mol. The third kappa shape index (κ3) is 4.01. The van der Waals surface area contributed by atoms with Gasteiger partial charge in [-0.2, -0.15) is 5.10 Å². The van der Waals surface area contributed by atoms with Crippen LogP contribution in [0.1, 0.15) is 19.4 Å². The van der Waals surface area contributed by atoms with E-state index in [1.807, 2.05) is 24.3 Å². The van der Waals surface area contributed by atoms with Crippen LogP contribution < -0.4 is 10.2 Å². The summed E-state index contributed by atoms with van der Waals surface area (Å²) in [4.78, 5) is 23.1. The Morgan fingerprint density at radius 3 is 2.62 bits per heavy atom. The van der Waals surface area contributed by atoms with Gasteiger partial charge in [-0.15, -0.1) is 0 Å². The number of hydrogen-bond donors (Lipinski definition) is 1. The number of benzene rings is 1. The SMILES string of the molecule is CCN(CC)c1ncnc2c1cnn2CC(=O)NCc1ccc(Br)cc1.